The van der Waals surface area contributed by atoms with Crippen LogP contribution in [-0.2, 0) is 6.18 Å². The number of aliphatic hydroxyl groups excluding tert-OH is 1. The molecule has 124 valence electrons. The van der Waals surface area contributed by atoms with Gasteiger partial charge in [-0.3, -0.25) is 0 Å². The Morgan fingerprint density at radius 2 is 1.77 bits per heavy atom. The first kappa shape index (κ1) is 16.8. The van der Waals surface area contributed by atoms with Crippen LogP contribution in [0.25, 0.3) is 0 Å². The fourth-order valence-electron chi connectivity index (χ4n) is 2.22. The highest BCUT2D eigenvalue weighted by Crippen LogP contribution is 2.57. The van der Waals surface area contributed by atoms with Gasteiger partial charge in [-0.25, -0.2) is 13.2 Å². The van der Waals surface area contributed by atoms with Crippen LogP contribution in [0.5, 0.6) is 5.75 Å². The van der Waals surface area contributed by atoms with Crippen molar-refractivity contribution in [2.24, 2.45) is 0 Å². The lowest BCUT2D eigenvalue weighted by Crippen LogP contribution is -2.24. The predicted octanol–water partition coefficient (Wildman–Crippen LogP) is 4.04. The first-order valence-corrected chi connectivity index (χ1v) is 5.82. The van der Waals surface area contributed by atoms with Gasteiger partial charge < -0.3 is 9.84 Å². The molecule has 0 saturated carbocycles. The van der Waals surface area contributed by atoms with Gasteiger partial charge in [-0.05, 0) is 12.1 Å². The number of alkyl halides is 8. The van der Waals surface area contributed by atoms with Gasteiger partial charge in [0.15, 0.2) is 6.17 Å². The van der Waals surface area contributed by atoms with E-state index in [9.17, 15) is 40.2 Å². The molecule has 22 heavy (non-hydrogen) atoms. The maximum absolute atomic E-state index is 13.7. The molecule has 1 aromatic rings. The van der Waals surface area contributed by atoms with E-state index in [-0.39, 0.29) is 6.07 Å². The average Bonchev–Trinajstić information content (AvgIpc) is 2.57. The fraction of sp³-hybridized carbons (Fsp3) is 0.500. The summed E-state index contributed by atoms with van der Waals surface area (Å²) < 4.78 is 108. The summed E-state index contributed by atoms with van der Waals surface area (Å²) in [6.45, 7) is -1.30. The van der Waals surface area contributed by atoms with Gasteiger partial charge in [-0.15, -0.1) is 0 Å². The van der Waals surface area contributed by atoms with Crippen molar-refractivity contribution in [3.05, 3.63) is 28.8 Å². The summed E-state index contributed by atoms with van der Waals surface area (Å²) in [6.07, 6.45) is -14.5. The molecule has 0 aliphatic heterocycles. The van der Waals surface area contributed by atoms with E-state index in [2.05, 4.69) is 4.74 Å². The zero-order chi connectivity index (χ0) is 16.9. The summed E-state index contributed by atoms with van der Waals surface area (Å²) >= 11 is 0. The second-order valence-corrected chi connectivity index (χ2v) is 4.58. The van der Waals surface area contributed by atoms with Crippen molar-refractivity contribution in [2.45, 2.75) is 30.8 Å². The molecule has 0 saturated heterocycles. The molecule has 2 atom stereocenters. The Bertz CT molecular complexity index is 569. The van der Waals surface area contributed by atoms with Crippen LogP contribution in [0.15, 0.2) is 12.1 Å². The normalized spacial score (nSPS) is 23.7. The number of hydrogen-bond acceptors (Lipinski definition) is 2. The molecule has 0 spiro atoms. The van der Waals surface area contributed by atoms with Gasteiger partial charge in [0.05, 0.1) is 5.56 Å². The van der Waals surface area contributed by atoms with E-state index in [1.807, 2.05) is 0 Å². The topological polar surface area (TPSA) is 29.5 Å². The van der Waals surface area contributed by atoms with Crippen LogP contribution in [0.2, 0.25) is 0 Å². The quantitative estimate of drug-likeness (QED) is 0.844. The summed E-state index contributed by atoms with van der Waals surface area (Å²) in [5, 5.41) is 9.39. The molecular formula is C12H8F8O2. The number of benzene rings is 1. The molecule has 1 aliphatic rings. The summed E-state index contributed by atoms with van der Waals surface area (Å²) in [4.78, 5) is 0. The van der Waals surface area contributed by atoms with Gasteiger partial charge >= 0.3 is 12.1 Å². The van der Waals surface area contributed by atoms with Crippen molar-refractivity contribution < 1.29 is 45.0 Å². The molecule has 0 radical (unpaired) electrons. The minimum absolute atomic E-state index is 0.250. The smallest absolute Gasteiger partial charge is 0.416 e. The number of rotatable bonds is 3. The molecule has 0 fully saturated rings. The lowest BCUT2D eigenvalue weighted by atomic mass is 10.0. The predicted molar refractivity (Wildman–Crippen MR) is 56.7 cm³/mol. The van der Waals surface area contributed by atoms with Crippen LogP contribution in [0, 0.1) is 0 Å². The number of fused-ring (bicyclic) bond motifs is 1. The highest BCUT2D eigenvalue weighted by Gasteiger charge is 2.60. The largest absolute Gasteiger partial charge is 0.487 e. The maximum Gasteiger partial charge on any atom is 0.416 e. The first-order chi connectivity index (χ1) is 9.98. The summed E-state index contributed by atoms with van der Waals surface area (Å²) in [5.74, 6) is -5.36. The van der Waals surface area contributed by atoms with E-state index in [1.165, 1.54) is 0 Å². The zero-order valence-electron chi connectivity index (χ0n) is 10.5. The van der Waals surface area contributed by atoms with Gasteiger partial charge in [-0.1, -0.05) is 0 Å². The Hall–Kier alpha value is -1.58. The fourth-order valence-corrected chi connectivity index (χ4v) is 2.22. The van der Waals surface area contributed by atoms with Crippen molar-refractivity contribution in [3.63, 3.8) is 0 Å². The van der Waals surface area contributed by atoms with Gasteiger partial charge in [-0.2, -0.15) is 22.0 Å². The van der Waals surface area contributed by atoms with Crippen LogP contribution >= 0.6 is 0 Å². The Morgan fingerprint density at radius 1 is 1.18 bits per heavy atom. The third-order valence-electron chi connectivity index (χ3n) is 3.15. The Labute approximate surface area is 118 Å². The lowest BCUT2D eigenvalue weighted by molar-refractivity contribution is -0.149. The number of hydrogen-bond donors (Lipinski definition) is 1. The van der Waals surface area contributed by atoms with E-state index >= 15 is 0 Å². The van der Waals surface area contributed by atoms with Gasteiger partial charge in [0.2, 0.25) is 0 Å². The Balaban J connectivity index is 2.61. The molecule has 2 nitrogen and oxygen atoms in total. The second-order valence-electron chi connectivity index (χ2n) is 4.58. The molecule has 2 rings (SSSR count). The van der Waals surface area contributed by atoms with Gasteiger partial charge in [0.25, 0.3) is 6.43 Å². The van der Waals surface area contributed by atoms with Crippen molar-refractivity contribution >= 4 is 0 Å². The second kappa shape index (κ2) is 5.25. The van der Waals surface area contributed by atoms with Gasteiger partial charge in [0.1, 0.15) is 18.5 Å². The van der Waals surface area contributed by atoms with Crippen LogP contribution in [-0.4, -0.2) is 24.1 Å². The van der Waals surface area contributed by atoms with Crippen molar-refractivity contribution in [1.29, 1.82) is 0 Å². The minimum atomic E-state index is -5.16. The van der Waals surface area contributed by atoms with Crippen molar-refractivity contribution in [2.75, 3.05) is 6.61 Å². The molecule has 1 N–H and O–H groups in total. The Morgan fingerprint density at radius 3 is 2.27 bits per heavy atom. The molecule has 1 aliphatic carbocycles. The van der Waals surface area contributed by atoms with E-state index in [0.717, 1.165) is 0 Å². The molecule has 0 unspecified atom stereocenters. The SMILES string of the molecule is O[C@H]1c2c(OCC(F)F)ccc(C(F)(F)F)c2[C@H](F)C1(F)F. The third kappa shape index (κ3) is 2.59. The van der Waals surface area contributed by atoms with E-state index in [0.29, 0.717) is 6.07 Å². The highest BCUT2D eigenvalue weighted by atomic mass is 19.4. The van der Waals surface area contributed by atoms with Crippen molar-refractivity contribution in [1.82, 2.24) is 0 Å². The van der Waals surface area contributed by atoms with E-state index < -0.39 is 59.8 Å². The molecule has 0 heterocycles. The molecule has 10 heteroatoms. The number of aliphatic hydroxyl groups is 1. The van der Waals surface area contributed by atoms with Gasteiger partial charge in [0, 0.05) is 11.1 Å². The van der Waals surface area contributed by atoms with Crippen LogP contribution in [0.4, 0.5) is 35.1 Å². The number of halogens is 8. The minimum Gasteiger partial charge on any atom is -0.487 e. The Kier molecular flexibility index (Phi) is 4.01. The molecule has 1 aromatic carbocycles. The van der Waals surface area contributed by atoms with Crippen molar-refractivity contribution in [3.8, 4) is 5.75 Å². The van der Waals surface area contributed by atoms with Crippen LogP contribution in [0.1, 0.15) is 29.0 Å². The monoisotopic (exact) mass is 336 g/mol. The first-order valence-electron chi connectivity index (χ1n) is 5.82. The lowest BCUT2D eigenvalue weighted by Gasteiger charge is -2.17. The molecule has 0 aromatic heterocycles. The summed E-state index contributed by atoms with van der Waals surface area (Å²) in [6, 6.07) is 0.752. The van der Waals surface area contributed by atoms with Crippen LogP contribution in [0.3, 0.4) is 0 Å². The average molecular weight is 336 g/mol. The zero-order valence-corrected chi connectivity index (χ0v) is 10.5. The van der Waals surface area contributed by atoms with E-state index in [4.69, 9.17) is 0 Å². The van der Waals surface area contributed by atoms with E-state index in [1.54, 1.807) is 0 Å². The standard InChI is InChI=1S/C12H8F8O2/c13-6(14)3-22-5-2-1-4(12(18,19)20)7-8(5)10(21)11(16,17)9(7)15/h1-2,6,9-10,21H,3H2/t9-,10-/m0/s1. The summed E-state index contributed by atoms with van der Waals surface area (Å²) in [7, 11) is 0. The summed E-state index contributed by atoms with van der Waals surface area (Å²) in [5.41, 5.74) is -4.36. The van der Waals surface area contributed by atoms with Crippen LogP contribution < -0.4 is 4.74 Å². The molecule has 0 bridgehead atoms. The maximum atomic E-state index is 13.7. The molecular weight excluding hydrogens is 328 g/mol. The highest BCUT2D eigenvalue weighted by molar-refractivity contribution is 5.53. The number of ether oxygens (including phenoxy) is 1. The third-order valence-corrected chi connectivity index (χ3v) is 3.15. The molecule has 0 amide bonds.